The predicted octanol–water partition coefficient (Wildman–Crippen LogP) is 4.26. The minimum absolute atomic E-state index is 0.137. The molecule has 2 aromatic rings. The smallest absolute Gasteiger partial charge is 0.150 e. The Hall–Kier alpha value is -2.09. The molecule has 0 unspecified atom stereocenters. The molecule has 0 saturated heterocycles. The van der Waals surface area contributed by atoms with Crippen molar-refractivity contribution in [1.82, 2.24) is 0 Å². The van der Waals surface area contributed by atoms with Crippen LogP contribution >= 0.6 is 0 Å². The van der Waals surface area contributed by atoms with Crippen LogP contribution in [0.2, 0.25) is 0 Å². The van der Waals surface area contributed by atoms with Crippen molar-refractivity contribution in [3.05, 3.63) is 53.6 Å². The molecule has 0 aliphatic rings. The number of carbonyl (C=O) groups excluding carboxylic acids is 1. The Morgan fingerprint density at radius 2 is 1.89 bits per heavy atom. The Morgan fingerprint density at radius 1 is 1.11 bits per heavy atom. The first-order valence-electron chi connectivity index (χ1n) is 6.43. The van der Waals surface area contributed by atoms with Gasteiger partial charge in [0, 0.05) is 5.56 Å². The summed E-state index contributed by atoms with van der Waals surface area (Å²) in [5, 5.41) is 0. The second-order valence-electron chi connectivity index (χ2n) is 4.90. The van der Waals surface area contributed by atoms with Gasteiger partial charge < -0.3 is 4.74 Å². The van der Waals surface area contributed by atoms with Crippen molar-refractivity contribution in [2.45, 2.75) is 26.9 Å². The number of aryl methyl sites for hydroxylation is 1. The molecule has 0 N–H and O–H groups in total. The van der Waals surface area contributed by atoms with E-state index in [1.807, 2.05) is 63.2 Å². The van der Waals surface area contributed by atoms with E-state index in [1.54, 1.807) is 0 Å². The first-order valence-corrected chi connectivity index (χ1v) is 6.43. The fourth-order valence-electron chi connectivity index (χ4n) is 2.03. The Bertz CT molecular complexity index is 586. The van der Waals surface area contributed by atoms with E-state index in [0.717, 1.165) is 28.7 Å². The fourth-order valence-corrected chi connectivity index (χ4v) is 2.03. The molecule has 0 radical (unpaired) electrons. The monoisotopic (exact) mass is 254 g/mol. The molecular formula is C17H18O2. The van der Waals surface area contributed by atoms with Crippen molar-refractivity contribution in [1.29, 1.82) is 0 Å². The van der Waals surface area contributed by atoms with Crippen molar-refractivity contribution in [2.24, 2.45) is 0 Å². The van der Waals surface area contributed by atoms with Gasteiger partial charge in [0.25, 0.3) is 0 Å². The van der Waals surface area contributed by atoms with Crippen molar-refractivity contribution >= 4 is 6.29 Å². The van der Waals surface area contributed by atoms with Gasteiger partial charge in [0.1, 0.15) is 5.75 Å². The molecule has 0 fully saturated rings. The molecular weight excluding hydrogens is 236 g/mol. The summed E-state index contributed by atoms with van der Waals surface area (Å²) in [5.74, 6) is 0.825. The number of ether oxygens (including phenoxy) is 1. The quantitative estimate of drug-likeness (QED) is 0.762. The lowest BCUT2D eigenvalue weighted by molar-refractivity contribution is 0.112. The van der Waals surface area contributed by atoms with Gasteiger partial charge in [-0.25, -0.2) is 0 Å². The van der Waals surface area contributed by atoms with Crippen LogP contribution in [0.15, 0.2) is 42.5 Å². The molecule has 0 aliphatic carbocycles. The van der Waals surface area contributed by atoms with E-state index in [4.69, 9.17) is 4.74 Å². The standard InChI is InChI=1S/C17H18O2/c1-12(2)19-16-6-4-5-14(10-16)17-9-13(3)7-8-15(17)11-18/h4-12H,1-3H3. The molecule has 0 spiro atoms. The van der Waals surface area contributed by atoms with Crippen molar-refractivity contribution in [3.63, 3.8) is 0 Å². The number of rotatable bonds is 4. The summed E-state index contributed by atoms with van der Waals surface area (Å²) >= 11 is 0. The average Bonchev–Trinajstić information content (AvgIpc) is 2.38. The molecule has 0 saturated carbocycles. The summed E-state index contributed by atoms with van der Waals surface area (Å²) in [6.07, 6.45) is 1.03. The van der Waals surface area contributed by atoms with E-state index in [2.05, 4.69) is 0 Å². The highest BCUT2D eigenvalue weighted by molar-refractivity contribution is 5.88. The van der Waals surface area contributed by atoms with Crippen LogP contribution < -0.4 is 4.74 Å². The maximum Gasteiger partial charge on any atom is 0.150 e. The van der Waals surface area contributed by atoms with Crippen molar-refractivity contribution in [3.8, 4) is 16.9 Å². The summed E-state index contributed by atoms with van der Waals surface area (Å²) in [4.78, 5) is 11.1. The highest BCUT2D eigenvalue weighted by Crippen LogP contribution is 2.27. The van der Waals surface area contributed by atoms with Crippen LogP contribution in [0.25, 0.3) is 11.1 Å². The van der Waals surface area contributed by atoms with Gasteiger partial charge >= 0.3 is 0 Å². The normalized spacial score (nSPS) is 10.5. The Balaban J connectivity index is 2.46. The molecule has 2 heteroatoms. The lowest BCUT2D eigenvalue weighted by atomic mass is 9.98. The maximum absolute atomic E-state index is 11.1. The summed E-state index contributed by atoms with van der Waals surface area (Å²) in [7, 11) is 0. The van der Waals surface area contributed by atoms with Gasteiger partial charge in [-0.2, -0.15) is 0 Å². The topological polar surface area (TPSA) is 26.3 Å². The SMILES string of the molecule is Cc1ccc(C=O)c(-c2cccc(OC(C)C)c2)c1. The number of aldehydes is 1. The van der Waals surface area contributed by atoms with Crippen LogP contribution in [-0.4, -0.2) is 12.4 Å². The summed E-state index contributed by atoms with van der Waals surface area (Å²) in [6, 6.07) is 13.7. The predicted molar refractivity (Wildman–Crippen MR) is 77.8 cm³/mol. The third kappa shape index (κ3) is 3.22. The minimum atomic E-state index is 0.137. The van der Waals surface area contributed by atoms with E-state index < -0.39 is 0 Å². The first kappa shape index (κ1) is 13.3. The first-order chi connectivity index (χ1) is 9.10. The second-order valence-corrected chi connectivity index (χ2v) is 4.90. The zero-order valence-electron chi connectivity index (χ0n) is 11.5. The molecule has 19 heavy (non-hydrogen) atoms. The van der Waals surface area contributed by atoms with E-state index in [-0.39, 0.29) is 6.10 Å². The zero-order chi connectivity index (χ0) is 13.8. The summed E-state index contributed by atoms with van der Waals surface area (Å²) < 4.78 is 5.69. The van der Waals surface area contributed by atoms with E-state index >= 15 is 0 Å². The Morgan fingerprint density at radius 3 is 2.58 bits per heavy atom. The van der Waals surface area contributed by atoms with Crippen LogP contribution in [0.5, 0.6) is 5.75 Å². The molecule has 0 aromatic heterocycles. The van der Waals surface area contributed by atoms with E-state index in [0.29, 0.717) is 5.56 Å². The second kappa shape index (κ2) is 5.70. The van der Waals surface area contributed by atoms with Gasteiger partial charge in [-0.15, -0.1) is 0 Å². The third-order valence-electron chi connectivity index (χ3n) is 2.85. The van der Waals surface area contributed by atoms with Gasteiger partial charge in [0.05, 0.1) is 6.10 Å². The van der Waals surface area contributed by atoms with Gasteiger partial charge in [0.2, 0.25) is 0 Å². The largest absolute Gasteiger partial charge is 0.491 e. The van der Waals surface area contributed by atoms with Gasteiger partial charge in [-0.1, -0.05) is 35.9 Å². The van der Waals surface area contributed by atoms with Crippen LogP contribution in [-0.2, 0) is 0 Å². The van der Waals surface area contributed by atoms with E-state index in [9.17, 15) is 4.79 Å². The van der Waals surface area contributed by atoms with Crippen molar-refractivity contribution < 1.29 is 9.53 Å². The molecule has 0 bridgehead atoms. The average molecular weight is 254 g/mol. The van der Waals surface area contributed by atoms with Crippen LogP contribution in [0.4, 0.5) is 0 Å². The van der Waals surface area contributed by atoms with E-state index in [1.165, 1.54) is 0 Å². The van der Waals surface area contributed by atoms with Crippen LogP contribution in [0, 0.1) is 6.92 Å². The molecule has 2 nitrogen and oxygen atoms in total. The lowest BCUT2D eigenvalue weighted by Gasteiger charge is -2.12. The maximum atomic E-state index is 11.1. The van der Waals surface area contributed by atoms with Gasteiger partial charge in [-0.3, -0.25) is 4.79 Å². The molecule has 0 heterocycles. The number of hydrogen-bond acceptors (Lipinski definition) is 2. The Kier molecular flexibility index (Phi) is 4.00. The molecule has 98 valence electrons. The minimum Gasteiger partial charge on any atom is -0.491 e. The molecule has 2 rings (SSSR count). The zero-order valence-corrected chi connectivity index (χ0v) is 11.5. The highest BCUT2D eigenvalue weighted by Gasteiger charge is 2.06. The number of benzene rings is 2. The molecule has 0 atom stereocenters. The summed E-state index contributed by atoms with van der Waals surface area (Å²) in [6.45, 7) is 6.01. The lowest BCUT2D eigenvalue weighted by Crippen LogP contribution is -2.05. The van der Waals surface area contributed by atoms with Gasteiger partial charge in [0.15, 0.2) is 6.29 Å². The number of hydrogen-bond donors (Lipinski definition) is 0. The highest BCUT2D eigenvalue weighted by atomic mass is 16.5. The molecule has 0 amide bonds. The van der Waals surface area contributed by atoms with Gasteiger partial charge in [-0.05, 0) is 44.0 Å². The molecule has 2 aromatic carbocycles. The fraction of sp³-hybridized carbons (Fsp3) is 0.235. The third-order valence-corrected chi connectivity index (χ3v) is 2.85. The Labute approximate surface area is 114 Å². The summed E-state index contributed by atoms with van der Waals surface area (Å²) in [5.41, 5.74) is 3.79. The van der Waals surface area contributed by atoms with Crippen LogP contribution in [0.1, 0.15) is 29.8 Å². The van der Waals surface area contributed by atoms with Crippen molar-refractivity contribution in [2.75, 3.05) is 0 Å². The molecule has 0 aliphatic heterocycles. The van der Waals surface area contributed by atoms with Crippen LogP contribution in [0.3, 0.4) is 0 Å². The number of carbonyl (C=O) groups is 1.